The average molecular weight is 274 g/mol. The number of carbonyl (C=O) groups excluding carboxylic acids is 1. The second-order valence-corrected chi connectivity index (χ2v) is 6.06. The van der Waals surface area contributed by atoms with Crippen LogP contribution < -0.4 is 10.6 Å². The fourth-order valence-corrected chi connectivity index (χ4v) is 2.77. The minimum absolute atomic E-state index is 0.166. The van der Waals surface area contributed by atoms with E-state index in [1.54, 1.807) is 0 Å². The third-order valence-corrected chi connectivity index (χ3v) is 3.91. The highest BCUT2D eigenvalue weighted by atomic mass is 32.2. The van der Waals surface area contributed by atoms with Gasteiger partial charge in [0.15, 0.2) is 0 Å². The van der Waals surface area contributed by atoms with Gasteiger partial charge in [0.1, 0.15) is 0 Å². The van der Waals surface area contributed by atoms with Crippen molar-refractivity contribution in [2.24, 2.45) is 0 Å². The molecule has 0 bridgehead atoms. The number of hydrogen-bond acceptors (Lipinski definition) is 4. The van der Waals surface area contributed by atoms with E-state index in [2.05, 4.69) is 10.6 Å². The van der Waals surface area contributed by atoms with E-state index in [0.29, 0.717) is 18.6 Å². The number of unbranched alkanes of at least 4 members (excludes halogenated alkanes) is 1. The molecular formula is C13H26N2O2S. The highest BCUT2D eigenvalue weighted by molar-refractivity contribution is 7.99. The molecule has 0 radical (unpaired) electrons. The smallest absolute Gasteiger partial charge is 0.221 e. The normalized spacial score (nSPS) is 20.1. The molecule has 106 valence electrons. The van der Waals surface area contributed by atoms with Crippen molar-refractivity contribution < 1.29 is 9.53 Å². The SMILES string of the molecule is CC(C)OCCCCNC(=O)CC1CSCCN1. The van der Waals surface area contributed by atoms with Gasteiger partial charge in [0.05, 0.1) is 6.10 Å². The predicted molar refractivity (Wildman–Crippen MR) is 77.1 cm³/mol. The minimum atomic E-state index is 0.166. The molecule has 1 atom stereocenters. The van der Waals surface area contributed by atoms with Gasteiger partial charge in [0.25, 0.3) is 0 Å². The van der Waals surface area contributed by atoms with Crippen LogP contribution in [0.4, 0.5) is 0 Å². The van der Waals surface area contributed by atoms with Crippen LogP contribution in [0.5, 0.6) is 0 Å². The lowest BCUT2D eigenvalue weighted by Crippen LogP contribution is -2.41. The summed E-state index contributed by atoms with van der Waals surface area (Å²) < 4.78 is 5.44. The van der Waals surface area contributed by atoms with E-state index in [9.17, 15) is 4.79 Å². The average Bonchev–Trinajstić information content (AvgIpc) is 2.34. The minimum Gasteiger partial charge on any atom is -0.379 e. The number of carbonyl (C=O) groups is 1. The highest BCUT2D eigenvalue weighted by Crippen LogP contribution is 2.09. The number of ether oxygens (including phenoxy) is 1. The summed E-state index contributed by atoms with van der Waals surface area (Å²) in [4.78, 5) is 11.7. The molecule has 0 saturated carbocycles. The van der Waals surface area contributed by atoms with Crippen molar-refractivity contribution in [3.63, 3.8) is 0 Å². The van der Waals surface area contributed by atoms with E-state index >= 15 is 0 Å². The van der Waals surface area contributed by atoms with Gasteiger partial charge in [-0.25, -0.2) is 0 Å². The Morgan fingerprint density at radius 1 is 1.50 bits per heavy atom. The summed E-state index contributed by atoms with van der Waals surface area (Å²) in [6.45, 7) is 6.65. The van der Waals surface area contributed by atoms with E-state index in [-0.39, 0.29) is 5.91 Å². The second kappa shape index (κ2) is 9.64. The summed E-state index contributed by atoms with van der Waals surface area (Å²) >= 11 is 1.92. The lowest BCUT2D eigenvalue weighted by atomic mass is 10.2. The molecule has 1 amide bonds. The Balaban J connectivity index is 1.93. The van der Waals surface area contributed by atoms with Crippen LogP contribution in [0, 0.1) is 0 Å². The molecule has 0 aromatic heterocycles. The first-order chi connectivity index (χ1) is 8.68. The number of hydrogen-bond donors (Lipinski definition) is 2. The molecule has 0 spiro atoms. The summed E-state index contributed by atoms with van der Waals surface area (Å²) in [5.41, 5.74) is 0. The van der Waals surface area contributed by atoms with Crippen LogP contribution in [-0.2, 0) is 9.53 Å². The van der Waals surface area contributed by atoms with Crippen LogP contribution >= 0.6 is 11.8 Å². The van der Waals surface area contributed by atoms with Crippen LogP contribution in [0.25, 0.3) is 0 Å². The first-order valence-corrected chi connectivity index (χ1v) is 8.03. The molecule has 1 saturated heterocycles. The van der Waals surface area contributed by atoms with E-state index in [1.165, 1.54) is 0 Å². The van der Waals surface area contributed by atoms with Gasteiger partial charge in [0, 0.05) is 43.7 Å². The molecule has 2 N–H and O–H groups in total. The first kappa shape index (κ1) is 15.8. The zero-order valence-corrected chi connectivity index (χ0v) is 12.4. The van der Waals surface area contributed by atoms with Gasteiger partial charge in [-0.15, -0.1) is 0 Å². The van der Waals surface area contributed by atoms with Gasteiger partial charge in [-0.2, -0.15) is 11.8 Å². The first-order valence-electron chi connectivity index (χ1n) is 6.88. The van der Waals surface area contributed by atoms with E-state index in [4.69, 9.17) is 4.74 Å². The van der Waals surface area contributed by atoms with Crippen LogP contribution in [0.15, 0.2) is 0 Å². The van der Waals surface area contributed by atoms with Crippen molar-refractivity contribution in [1.29, 1.82) is 0 Å². The summed E-state index contributed by atoms with van der Waals surface area (Å²) in [6.07, 6.45) is 2.91. The number of thioether (sulfide) groups is 1. The van der Waals surface area contributed by atoms with Gasteiger partial charge in [-0.3, -0.25) is 4.79 Å². The van der Waals surface area contributed by atoms with E-state index in [0.717, 1.165) is 44.0 Å². The maximum absolute atomic E-state index is 11.7. The molecule has 0 aromatic carbocycles. The van der Waals surface area contributed by atoms with Gasteiger partial charge in [-0.05, 0) is 26.7 Å². The molecule has 1 rings (SSSR count). The Morgan fingerprint density at radius 2 is 2.33 bits per heavy atom. The molecule has 1 fully saturated rings. The van der Waals surface area contributed by atoms with Crippen molar-refractivity contribution >= 4 is 17.7 Å². The third-order valence-electron chi connectivity index (χ3n) is 2.77. The number of amides is 1. The van der Waals surface area contributed by atoms with Gasteiger partial charge in [0.2, 0.25) is 5.91 Å². The van der Waals surface area contributed by atoms with Crippen molar-refractivity contribution in [2.45, 2.75) is 45.3 Å². The lowest BCUT2D eigenvalue weighted by molar-refractivity contribution is -0.121. The zero-order valence-electron chi connectivity index (χ0n) is 11.5. The largest absolute Gasteiger partial charge is 0.379 e. The Morgan fingerprint density at radius 3 is 3.00 bits per heavy atom. The maximum Gasteiger partial charge on any atom is 0.221 e. The van der Waals surface area contributed by atoms with Crippen molar-refractivity contribution in [1.82, 2.24) is 10.6 Å². The Hall–Kier alpha value is -0.260. The molecule has 1 unspecified atom stereocenters. The predicted octanol–water partition coefficient (Wildman–Crippen LogP) is 1.40. The Bertz CT molecular complexity index is 231. The van der Waals surface area contributed by atoms with Crippen LogP contribution in [0.3, 0.4) is 0 Å². The van der Waals surface area contributed by atoms with Crippen LogP contribution in [-0.4, -0.2) is 49.3 Å². The van der Waals surface area contributed by atoms with Crippen LogP contribution in [0.1, 0.15) is 33.1 Å². The van der Waals surface area contributed by atoms with Crippen molar-refractivity contribution in [3.8, 4) is 0 Å². The highest BCUT2D eigenvalue weighted by Gasteiger charge is 2.15. The van der Waals surface area contributed by atoms with Gasteiger partial charge < -0.3 is 15.4 Å². The number of nitrogens with one attached hydrogen (secondary N) is 2. The second-order valence-electron chi connectivity index (χ2n) is 4.91. The molecule has 1 aliphatic rings. The Labute approximate surface area is 115 Å². The quantitative estimate of drug-likeness (QED) is 0.657. The standard InChI is InChI=1S/C13H26N2O2S/c1-11(2)17-7-4-3-5-15-13(16)9-12-10-18-8-6-14-12/h11-12,14H,3-10H2,1-2H3,(H,15,16). The topological polar surface area (TPSA) is 50.4 Å². The summed E-state index contributed by atoms with van der Waals surface area (Å²) in [7, 11) is 0. The third kappa shape index (κ3) is 7.95. The molecule has 5 heteroatoms. The summed E-state index contributed by atoms with van der Waals surface area (Å²) in [5.74, 6) is 2.38. The Kier molecular flexibility index (Phi) is 8.46. The molecule has 0 aliphatic carbocycles. The van der Waals surface area contributed by atoms with Crippen molar-refractivity contribution in [2.75, 3.05) is 31.2 Å². The van der Waals surface area contributed by atoms with E-state index in [1.807, 2.05) is 25.6 Å². The molecule has 4 nitrogen and oxygen atoms in total. The molecule has 1 aliphatic heterocycles. The summed E-state index contributed by atoms with van der Waals surface area (Å²) in [5, 5.41) is 6.35. The lowest BCUT2D eigenvalue weighted by Gasteiger charge is -2.22. The number of rotatable bonds is 8. The fraction of sp³-hybridized carbons (Fsp3) is 0.923. The van der Waals surface area contributed by atoms with E-state index < -0.39 is 0 Å². The fourth-order valence-electron chi connectivity index (χ4n) is 1.82. The van der Waals surface area contributed by atoms with Gasteiger partial charge >= 0.3 is 0 Å². The monoisotopic (exact) mass is 274 g/mol. The molecule has 1 heterocycles. The summed E-state index contributed by atoms with van der Waals surface area (Å²) in [6, 6.07) is 0.355. The molecule has 18 heavy (non-hydrogen) atoms. The van der Waals surface area contributed by atoms with Crippen molar-refractivity contribution in [3.05, 3.63) is 0 Å². The van der Waals surface area contributed by atoms with Crippen LogP contribution in [0.2, 0.25) is 0 Å². The molecule has 0 aromatic rings. The molecular weight excluding hydrogens is 248 g/mol. The zero-order chi connectivity index (χ0) is 13.2. The maximum atomic E-state index is 11.7. The van der Waals surface area contributed by atoms with Gasteiger partial charge in [-0.1, -0.05) is 0 Å².